The van der Waals surface area contributed by atoms with Crippen molar-refractivity contribution in [2.45, 2.75) is 45.6 Å². The molecule has 0 saturated heterocycles. The Balaban J connectivity index is 2.03. The highest BCUT2D eigenvalue weighted by Gasteiger charge is 2.27. The molecule has 1 aliphatic rings. The zero-order valence-electron chi connectivity index (χ0n) is 11.5. The fraction of sp³-hybridized carbons (Fsp3) is 0.625. The van der Waals surface area contributed by atoms with E-state index in [9.17, 15) is 0 Å². The van der Waals surface area contributed by atoms with Crippen LogP contribution < -0.4 is 5.32 Å². The molecule has 0 spiro atoms. The van der Waals surface area contributed by atoms with Crippen LogP contribution in [0.5, 0.6) is 0 Å². The van der Waals surface area contributed by atoms with Crippen molar-refractivity contribution in [1.82, 2.24) is 5.32 Å². The van der Waals surface area contributed by atoms with Crippen LogP contribution in [0.1, 0.15) is 38.7 Å². The molecular formula is C16H24BrN. The summed E-state index contributed by atoms with van der Waals surface area (Å²) in [6.07, 6.45) is 5.30. The molecule has 1 saturated carbocycles. The number of benzene rings is 1. The molecule has 2 rings (SSSR count). The van der Waals surface area contributed by atoms with Gasteiger partial charge in [-0.2, -0.15) is 0 Å². The van der Waals surface area contributed by atoms with E-state index < -0.39 is 0 Å². The van der Waals surface area contributed by atoms with Gasteiger partial charge in [0.2, 0.25) is 0 Å². The van der Waals surface area contributed by atoms with Crippen LogP contribution in [0.15, 0.2) is 28.7 Å². The summed E-state index contributed by atoms with van der Waals surface area (Å²) in [5, 5.41) is 3.68. The van der Waals surface area contributed by atoms with E-state index in [0.29, 0.717) is 6.04 Å². The molecule has 0 heterocycles. The first-order valence-electron chi connectivity index (χ1n) is 7.17. The number of hydrogen-bond donors (Lipinski definition) is 1. The normalized spacial score (nSPS) is 28.3. The lowest BCUT2D eigenvalue weighted by molar-refractivity contribution is 0.214. The Hall–Kier alpha value is -0.340. The van der Waals surface area contributed by atoms with Crippen molar-refractivity contribution in [2.24, 2.45) is 11.8 Å². The lowest BCUT2D eigenvalue weighted by atomic mass is 9.76. The van der Waals surface area contributed by atoms with E-state index >= 15 is 0 Å². The summed E-state index contributed by atoms with van der Waals surface area (Å²) in [6.45, 7) is 5.71. The first kappa shape index (κ1) is 14.1. The van der Waals surface area contributed by atoms with Crippen molar-refractivity contribution in [3.05, 3.63) is 34.3 Å². The minimum Gasteiger partial charge on any atom is -0.314 e. The fourth-order valence-corrected chi connectivity index (χ4v) is 3.67. The third kappa shape index (κ3) is 3.83. The Bertz CT molecular complexity index is 377. The summed E-state index contributed by atoms with van der Waals surface area (Å²) in [6, 6.07) is 9.49. The van der Waals surface area contributed by atoms with Gasteiger partial charge in [-0.05, 0) is 61.8 Å². The molecule has 0 bridgehead atoms. The molecule has 18 heavy (non-hydrogen) atoms. The van der Waals surface area contributed by atoms with E-state index in [1.807, 2.05) is 0 Å². The van der Waals surface area contributed by atoms with Gasteiger partial charge in [0.1, 0.15) is 0 Å². The van der Waals surface area contributed by atoms with Gasteiger partial charge in [-0.15, -0.1) is 0 Å². The lowest BCUT2D eigenvalue weighted by Gasteiger charge is -2.35. The van der Waals surface area contributed by atoms with E-state index in [1.165, 1.54) is 35.7 Å². The van der Waals surface area contributed by atoms with Crippen LogP contribution in [0.25, 0.3) is 0 Å². The number of nitrogens with one attached hydrogen (secondary N) is 1. The first-order valence-corrected chi connectivity index (χ1v) is 7.96. The molecule has 3 unspecified atom stereocenters. The van der Waals surface area contributed by atoms with Gasteiger partial charge in [0.25, 0.3) is 0 Å². The van der Waals surface area contributed by atoms with Crippen LogP contribution in [-0.4, -0.2) is 12.6 Å². The number of rotatable bonds is 4. The fourth-order valence-electron chi connectivity index (χ4n) is 3.22. The van der Waals surface area contributed by atoms with Gasteiger partial charge in [-0.1, -0.05) is 41.9 Å². The van der Waals surface area contributed by atoms with Gasteiger partial charge in [0.15, 0.2) is 0 Å². The highest BCUT2D eigenvalue weighted by atomic mass is 79.9. The maximum atomic E-state index is 3.68. The molecule has 3 atom stereocenters. The summed E-state index contributed by atoms with van der Waals surface area (Å²) >= 11 is 3.57. The number of halogens is 1. The molecule has 2 heteroatoms. The summed E-state index contributed by atoms with van der Waals surface area (Å²) in [7, 11) is 0. The summed E-state index contributed by atoms with van der Waals surface area (Å²) < 4.78 is 1.20. The molecule has 1 fully saturated rings. The first-order chi connectivity index (χ1) is 8.69. The molecule has 100 valence electrons. The van der Waals surface area contributed by atoms with Crippen molar-refractivity contribution >= 4 is 15.9 Å². The maximum Gasteiger partial charge on any atom is 0.0177 e. The Kier molecular flexibility index (Phi) is 5.25. The van der Waals surface area contributed by atoms with E-state index in [0.717, 1.165) is 18.4 Å². The average Bonchev–Trinajstić information content (AvgIpc) is 2.33. The molecule has 1 nitrogen and oxygen atoms in total. The second-order valence-corrected chi connectivity index (χ2v) is 6.59. The summed E-state index contributed by atoms with van der Waals surface area (Å²) in [5.41, 5.74) is 1.46. The molecule has 0 aliphatic heterocycles. The largest absolute Gasteiger partial charge is 0.314 e. The van der Waals surface area contributed by atoms with Crippen LogP contribution in [0.2, 0.25) is 0 Å². The Morgan fingerprint density at radius 2 is 2.17 bits per heavy atom. The van der Waals surface area contributed by atoms with E-state index in [-0.39, 0.29) is 0 Å². The monoisotopic (exact) mass is 309 g/mol. The molecule has 0 amide bonds. The van der Waals surface area contributed by atoms with Crippen molar-refractivity contribution < 1.29 is 0 Å². The standard InChI is InChI=1S/C16H24BrN/c1-3-18-16-8-7-12(2)9-14(16)10-13-5-4-6-15(17)11-13/h4-6,11-12,14,16,18H,3,7-10H2,1-2H3. The van der Waals surface area contributed by atoms with Crippen LogP contribution in [0.3, 0.4) is 0 Å². The van der Waals surface area contributed by atoms with Crippen LogP contribution in [0, 0.1) is 11.8 Å². The summed E-state index contributed by atoms with van der Waals surface area (Å²) in [5.74, 6) is 1.68. The van der Waals surface area contributed by atoms with Crippen molar-refractivity contribution in [2.75, 3.05) is 6.54 Å². The quantitative estimate of drug-likeness (QED) is 0.869. The lowest BCUT2D eigenvalue weighted by Crippen LogP contribution is -2.41. The molecule has 1 N–H and O–H groups in total. The van der Waals surface area contributed by atoms with E-state index in [2.05, 4.69) is 59.4 Å². The Morgan fingerprint density at radius 3 is 2.89 bits per heavy atom. The highest BCUT2D eigenvalue weighted by molar-refractivity contribution is 9.10. The SMILES string of the molecule is CCNC1CCC(C)CC1Cc1cccc(Br)c1. The third-order valence-corrected chi connectivity index (χ3v) is 4.59. The van der Waals surface area contributed by atoms with Crippen LogP contribution in [0.4, 0.5) is 0 Å². The molecular weight excluding hydrogens is 286 g/mol. The van der Waals surface area contributed by atoms with E-state index in [1.54, 1.807) is 0 Å². The maximum absolute atomic E-state index is 3.68. The molecule has 1 aromatic carbocycles. The average molecular weight is 310 g/mol. The predicted molar refractivity (Wildman–Crippen MR) is 81.8 cm³/mol. The molecule has 1 aromatic rings. The van der Waals surface area contributed by atoms with E-state index in [4.69, 9.17) is 0 Å². The molecule has 0 radical (unpaired) electrons. The zero-order valence-corrected chi connectivity index (χ0v) is 13.0. The Morgan fingerprint density at radius 1 is 1.33 bits per heavy atom. The van der Waals surface area contributed by atoms with Gasteiger partial charge >= 0.3 is 0 Å². The third-order valence-electron chi connectivity index (χ3n) is 4.10. The van der Waals surface area contributed by atoms with Crippen LogP contribution in [-0.2, 0) is 6.42 Å². The van der Waals surface area contributed by atoms with Crippen molar-refractivity contribution in [3.63, 3.8) is 0 Å². The topological polar surface area (TPSA) is 12.0 Å². The minimum absolute atomic E-state index is 0.713. The van der Waals surface area contributed by atoms with Gasteiger partial charge < -0.3 is 5.32 Å². The molecule has 0 aromatic heterocycles. The van der Waals surface area contributed by atoms with Crippen molar-refractivity contribution in [3.8, 4) is 0 Å². The number of hydrogen-bond acceptors (Lipinski definition) is 1. The summed E-state index contributed by atoms with van der Waals surface area (Å²) in [4.78, 5) is 0. The van der Waals surface area contributed by atoms with Crippen LogP contribution >= 0.6 is 15.9 Å². The Labute approximate surface area is 119 Å². The minimum atomic E-state index is 0.713. The zero-order chi connectivity index (χ0) is 13.0. The van der Waals surface area contributed by atoms with Crippen molar-refractivity contribution in [1.29, 1.82) is 0 Å². The highest BCUT2D eigenvalue weighted by Crippen LogP contribution is 2.31. The van der Waals surface area contributed by atoms with Gasteiger partial charge in [-0.3, -0.25) is 0 Å². The smallest absolute Gasteiger partial charge is 0.0177 e. The second kappa shape index (κ2) is 6.72. The second-order valence-electron chi connectivity index (χ2n) is 5.68. The molecule has 1 aliphatic carbocycles. The van der Waals surface area contributed by atoms with Gasteiger partial charge in [0, 0.05) is 10.5 Å². The van der Waals surface area contributed by atoms with Gasteiger partial charge in [-0.25, -0.2) is 0 Å². The van der Waals surface area contributed by atoms with Gasteiger partial charge in [0.05, 0.1) is 0 Å². The predicted octanol–water partition coefficient (Wildman–Crippen LogP) is 4.41.